The maximum Gasteiger partial charge on any atom is 0.239 e. The van der Waals surface area contributed by atoms with E-state index >= 15 is 0 Å². The zero-order valence-corrected chi connectivity index (χ0v) is 9.32. The Balaban J connectivity index is 2.53. The zero-order chi connectivity index (χ0) is 10.8. The molecule has 0 aromatic heterocycles. The average molecular weight is 216 g/mol. The van der Waals surface area contributed by atoms with Gasteiger partial charge in [-0.25, -0.2) is 0 Å². The molecular weight excluding hydrogens is 200 g/mol. The molecule has 3 N–H and O–H groups in total. The Morgan fingerprint density at radius 2 is 2.21 bits per heavy atom. The van der Waals surface area contributed by atoms with Crippen molar-refractivity contribution in [3.05, 3.63) is 0 Å². The van der Waals surface area contributed by atoms with Crippen molar-refractivity contribution in [3.8, 4) is 0 Å². The highest BCUT2D eigenvalue weighted by Crippen LogP contribution is 2.37. The third-order valence-corrected chi connectivity index (χ3v) is 3.99. The quantitative estimate of drug-likeness (QED) is 0.711. The SMILES string of the molecule is C[C@@H](NC(=O)C1(C)CCCS1)C(N)=O. The Labute approximate surface area is 88.0 Å². The predicted octanol–water partition coefficient (Wildman–Crippen LogP) is 0.262. The Morgan fingerprint density at radius 1 is 1.57 bits per heavy atom. The minimum atomic E-state index is -0.583. The number of nitrogens with two attached hydrogens (primary N) is 1. The van der Waals surface area contributed by atoms with Crippen molar-refractivity contribution in [1.29, 1.82) is 0 Å². The molecule has 0 radical (unpaired) electrons. The number of thioether (sulfide) groups is 1. The van der Waals surface area contributed by atoms with E-state index in [1.807, 2.05) is 6.92 Å². The molecule has 1 rings (SSSR count). The van der Waals surface area contributed by atoms with Crippen LogP contribution in [0.4, 0.5) is 0 Å². The molecule has 1 unspecified atom stereocenters. The van der Waals surface area contributed by atoms with Crippen molar-refractivity contribution < 1.29 is 9.59 Å². The van der Waals surface area contributed by atoms with Crippen LogP contribution in [0.1, 0.15) is 26.7 Å². The number of amides is 2. The van der Waals surface area contributed by atoms with E-state index in [4.69, 9.17) is 5.73 Å². The molecule has 1 saturated heterocycles. The first-order valence-electron chi connectivity index (χ1n) is 4.70. The Hall–Kier alpha value is -0.710. The van der Waals surface area contributed by atoms with Gasteiger partial charge in [-0.3, -0.25) is 9.59 Å². The molecule has 1 fully saturated rings. The predicted molar refractivity (Wildman–Crippen MR) is 56.9 cm³/mol. The Morgan fingerprint density at radius 3 is 2.64 bits per heavy atom. The summed E-state index contributed by atoms with van der Waals surface area (Å²) in [5.41, 5.74) is 5.07. The first kappa shape index (κ1) is 11.4. The number of hydrogen-bond acceptors (Lipinski definition) is 3. The topological polar surface area (TPSA) is 72.2 Å². The van der Waals surface area contributed by atoms with Crippen molar-refractivity contribution in [2.24, 2.45) is 5.73 Å². The summed E-state index contributed by atoms with van der Waals surface area (Å²) in [6.45, 7) is 3.51. The van der Waals surface area contributed by atoms with Gasteiger partial charge < -0.3 is 11.1 Å². The van der Waals surface area contributed by atoms with Crippen LogP contribution in [0.3, 0.4) is 0 Å². The second-order valence-corrected chi connectivity index (χ2v) is 5.38. The van der Waals surface area contributed by atoms with Crippen LogP contribution in [0.15, 0.2) is 0 Å². The van der Waals surface area contributed by atoms with Crippen LogP contribution in [-0.2, 0) is 9.59 Å². The van der Waals surface area contributed by atoms with Gasteiger partial charge in [-0.2, -0.15) is 0 Å². The normalized spacial score (nSPS) is 28.4. The van der Waals surface area contributed by atoms with E-state index in [9.17, 15) is 9.59 Å². The molecule has 80 valence electrons. The van der Waals surface area contributed by atoms with Gasteiger partial charge in [0, 0.05) is 0 Å². The van der Waals surface area contributed by atoms with Gasteiger partial charge in [-0.05, 0) is 32.4 Å². The lowest BCUT2D eigenvalue weighted by atomic mass is 10.0. The molecule has 4 nitrogen and oxygen atoms in total. The number of rotatable bonds is 3. The van der Waals surface area contributed by atoms with Crippen molar-refractivity contribution in [3.63, 3.8) is 0 Å². The van der Waals surface area contributed by atoms with Gasteiger partial charge in [0.15, 0.2) is 0 Å². The lowest BCUT2D eigenvalue weighted by Gasteiger charge is -2.23. The Bertz CT molecular complexity index is 249. The molecule has 2 atom stereocenters. The highest BCUT2D eigenvalue weighted by Gasteiger charge is 2.37. The molecule has 0 aromatic rings. The molecular formula is C9H16N2O2S. The first-order valence-corrected chi connectivity index (χ1v) is 5.68. The molecule has 1 heterocycles. The molecule has 1 aliphatic heterocycles. The molecule has 5 heteroatoms. The van der Waals surface area contributed by atoms with Gasteiger partial charge >= 0.3 is 0 Å². The molecule has 14 heavy (non-hydrogen) atoms. The summed E-state index contributed by atoms with van der Waals surface area (Å²) in [4.78, 5) is 22.5. The summed E-state index contributed by atoms with van der Waals surface area (Å²) in [5.74, 6) is 0.436. The van der Waals surface area contributed by atoms with Crippen LogP contribution in [0.5, 0.6) is 0 Å². The van der Waals surface area contributed by atoms with Crippen LogP contribution in [-0.4, -0.2) is 28.4 Å². The van der Waals surface area contributed by atoms with E-state index < -0.39 is 11.9 Å². The standard InChI is InChI=1S/C9H16N2O2S/c1-6(7(10)12)11-8(13)9(2)4-3-5-14-9/h6H,3-5H2,1-2H3,(H2,10,12)(H,11,13)/t6-,9?/m1/s1. The van der Waals surface area contributed by atoms with Crippen molar-refractivity contribution in [2.45, 2.75) is 37.5 Å². The summed E-state index contributed by atoms with van der Waals surface area (Å²) in [6.07, 6.45) is 1.93. The molecule has 0 bridgehead atoms. The van der Waals surface area contributed by atoms with E-state index in [0.717, 1.165) is 18.6 Å². The van der Waals surface area contributed by atoms with Gasteiger partial charge in [0.2, 0.25) is 11.8 Å². The van der Waals surface area contributed by atoms with Gasteiger partial charge in [0.05, 0.1) is 4.75 Å². The highest BCUT2D eigenvalue weighted by atomic mass is 32.2. The number of nitrogens with one attached hydrogen (secondary N) is 1. The van der Waals surface area contributed by atoms with Crippen LogP contribution in [0.2, 0.25) is 0 Å². The summed E-state index contributed by atoms with van der Waals surface area (Å²) in [6, 6.07) is -0.583. The van der Waals surface area contributed by atoms with E-state index in [-0.39, 0.29) is 10.7 Å². The molecule has 1 aliphatic rings. The third kappa shape index (κ3) is 2.41. The van der Waals surface area contributed by atoms with Crippen LogP contribution < -0.4 is 11.1 Å². The van der Waals surface area contributed by atoms with Gasteiger partial charge in [-0.15, -0.1) is 11.8 Å². The van der Waals surface area contributed by atoms with Crippen LogP contribution >= 0.6 is 11.8 Å². The Kier molecular flexibility index (Phi) is 3.42. The van der Waals surface area contributed by atoms with E-state index in [0.29, 0.717) is 0 Å². The minimum absolute atomic E-state index is 0.0775. The van der Waals surface area contributed by atoms with E-state index in [2.05, 4.69) is 5.32 Å². The molecule has 0 spiro atoms. The number of carbonyl (C=O) groups is 2. The number of hydrogen-bond donors (Lipinski definition) is 2. The second kappa shape index (κ2) is 4.21. The fraction of sp³-hybridized carbons (Fsp3) is 0.778. The zero-order valence-electron chi connectivity index (χ0n) is 8.50. The number of primary amides is 1. The molecule has 0 aromatic carbocycles. The molecule has 0 aliphatic carbocycles. The maximum atomic E-state index is 11.7. The number of carbonyl (C=O) groups excluding carboxylic acids is 2. The maximum absolute atomic E-state index is 11.7. The first-order chi connectivity index (χ1) is 6.46. The van der Waals surface area contributed by atoms with Crippen LogP contribution in [0, 0.1) is 0 Å². The van der Waals surface area contributed by atoms with Gasteiger partial charge in [0.1, 0.15) is 6.04 Å². The molecule has 0 saturated carbocycles. The lowest BCUT2D eigenvalue weighted by Crippen LogP contribution is -2.49. The summed E-state index contributed by atoms with van der Waals surface area (Å²) < 4.78 is -0.371. The highest BCUT2D eigenvalue weighted by molar-refractivity contribution is 8.01. The monoisotopic (exact) mass is 216 g/mol. The fourth-order valence-electron chi connectivity index (χ4n) is 1.38. The largest absolute Gasteiger partial charge is 0.368 e. The van der Waals surface area contributed by atoms with Crippen molar-refractivity contribution in [2.75, 3.05) is 5.75 Å². The van der Waals surface area contributed by atoms with Crippen molar-refractivity contribution in [1.82, 2.24) is 5.32 Å². The van der Waals surface area contributed by atoms with Gasteiger partial charge in [0.25, 0.3) is 0 Å². The summed E-state index contributed by atoms with van der Waals surface area (Å²) in [7, 11) is 0. The fourth-order valence-corrected chi connectivity index (χ4v) is 2.60. The van der Waals surface area contributed by atoms with Crippen LogP contribution in [0.25, 0.3) is 0 Å². The average Bonchev–Trinajstić information content (AvgIpc) is 2.53. The lowest BCUT2D eigenvalue weighted by molar-refractivity contribution is -0.128. The summed E-state index contributed by atoms with van der Waals surface area (Å²) >= 11 is 1.64. The molecule has 2 amide bonds. The van der Waals surface area contributed by atoms with E-state index in [1.165, 1.54) is 0 Å². The second-order valence-electron chi connectivity index (χ2n) is 3.78. The van der Waals surface area contributed by atoms with Gasteiger partial charge in [-0.1, -0.05) is 0 Å². The van der Waals surface area contributed by atoms with Crippen molar-refractivity contribution >= 4 is 23.6 Å². The van der Waals surface area contributed by atoms with E-state index in [1.54, 1.807) is 18.7 Å². The smallest absolute Gasteiger partial charge is 0.239 e. The summed E-state index contributed by atoms with van der Waals surface area (Å²) in [5, 5.41) is 2.63. The third-order valence-electron chi connectivity index (χ3n) is 2.47. The minimum Gasteiger partial charge on any atom is -0.368 e.